The quantitative estimate of drug-likeness (QED) is 0.652. The second-order valence-electron chi connectivity index (χ2n) is 7.57. The van der Waals surface area contributed by atoms with Crippen LogP contribution in [0, 0.1) is 0 Å². The third-order valence-electron chi connectivity index (χ3n) is 5.51. The van der Waals surface area contributed by atoms with E-state index in [2.05, 4.69) is 20.8 Å². The summed E-state index contributed by atoms with van der Waals surface area (Å²) in [5.74, 6) is 1.50. The number of methoxy groups -OCH3 is 1. The molecule has 4 rings (SSSR count). The predicted octanol–water partition coefficient (Wildman–Crippen LogP) is 3.85. The van der Waals surface area contributed by atoms with Crippen molar-refractivity contribution in [3.63, 3.8) is 0 Å². The van der Waals surface area contributed by atoms with Crippen LogP contribution in [0.3, 0.4) is 0 Å². The molecule has 2 saturated carbocycles. The van der Waals surface area contributed by atoms with Crippen molar-refractivity contribution in [1.29, 1.82) is 0 Å². The number of tetrazole rings is 1. The van der Waals surface area contributed by atoms with Crippen molar-refractivity contribution in [3.05, 3.63) is 18.2 Å². The third-order valence-corrected chi connectivity index (χ3v) is 6.44. The third kappa shape index (κ3) is 5.01. The molecule has 0 unspecified atom stereocenters. The number of ether oxygens (including phenoxy) is 2. The maximum Gasteiger partial charge on any atom is 0.234 e. The number of nitrogens with one attached hydrogen (secondary N) is 1. The Labute approximate surface area is 174 Å². The van der Waals surface area contributed by atoms with Crippen molar-refractivity contribution in [3.8, 4) is 11.5 Å². The Morgan fingerprint density at radius 2 is 1.93 bits per heavy atom. The van der Waals surface area contributed by atoms with E-state index in [9.17, 15) is 4.79 Å². The molecule has 0 saturated heterocycles. The molecule has 0 bridgehead atoms. The molecule has 2 aliphatic carbocycles. The zero-order chi connectivity index (χ0) is 20.1. The summed E-state index contributed by atoms with van der Waals surface area (Å²) in [4.78, 5) is 12.5. The minimum atomic E-state index is -0.104. The van der Waals surface area contributed by atoms with Crippen LogP contribution in [0.5, 0.6) is 11.5 Å². The van der Waals surface area contributed by atoms with Crippen LogP contribution in [-0.4, -0.2) is 45.1 Å². The van der Waals surface area contributed by atoms with Gasteiger partial charge >= 0.3 is 0 Å². The fourth-order valence-electron chi connectivity index (χ4n) is 4.02. The van der Waals surface area contributed by atoms with Gasteiger partial charge in [-0.05, 0) is 61.1 Å². The van der Waals surface area contributed by atoms with E-state index in [4.69, 9.17) is 9.47 Å². The highest BCUT2D eigenvalue weighted by Crippen LogP contribution is 2.34. The van der Waals surface area contributed by atoms with Gasteiger partial charge in [-0.1, -0.05) is 24.6 Å². The summed E-state index contributed by atoms with van der Waals surface area (Å²) < 4.78 is 13.4. The summed E-state index contributed by atoms with van der Waals surface area (Å²) in [5.41, 5.74) is 0.694. The van der Waals surface area contributed by atoms with Gasteiger partial charge in [0.05, 0.1) is 25.0 Å². The number of hydrogen-bond acceptors (Lipinski definition) is 7. The lowest BCUT2D eigenvalue weighted by atomic mass is 10.2. The number of anilines is 1. The summed E-state index contributed by atoms with van der Waals surface area (Å²) in [6.07, 6.45) is 9.34. The minimum Gasteiger partial charge on any atom is -0.493 e. The lowest BCUT2D eigenvalue weighted by Crippen LogP contribution is -2.16. The lowest BCUT2D eigenvalue weighted by Gasteiger charge is -2.17. The molecule has 1 aromatic heterocycles. The maximum absolute atomic E-state index is 12.5. The molecule has 8 nitrogen and oxygen atoms in total. The van der Waals surface area contributed by atoms with Gasteiger partial charge in [-0.2, -0.15) is 0 Å². The van der Waals surface area contributed by atoms with Crippen LogP contribution >= 0.6 is 11.8 Å². The van der Waals surface area contributed by atoms with Crippen LogP contribution in [0.25, 0.3) is 0 Å². The van der Waals surface area contributed by atoms with Gasteiger partial charge in [-0.25, -0.2) is 4.68 Å². The molecule has 0 spiro atoms. The number of carbonyl (C=O) groups is 1. The molecule has 1 amide bonds. The number of aromatic nitrogens is 4. The van der Waals surface area contributed by atoms with Crippen molar-refractivity contribution in [2.24, 2.45) is 0 Å². The van der Waals surface area contributed by atoms with Gasteiger partial charge in [0, 0.05) is 11.8 Å². The van der Waals surface area contributed by atoms with Gasteiger partial charge in [0.2, 0.25) is 11.1 Å². The van der Waals surface area contributed by atoms with Crippen molar-refractivity contribution < 1.29 is 14.3 Å². The highest BCUT2D eigenvalue weighted by Gasteiger charge is 2.22. The second kappa shape index (κ2) is 9.47. The number of nitrogens with zero attached hydrogens (tertiary/aromatic N) is 4. The first-order chi connectivity index (χ1) is 14.2. The summed E-state index contributed by atoms with van der Waals surface area (Å²) in [7, 11) is 1.63. The standard InChI is InChI=1S/C20H27N5O3S/c1-27-17-11-10-14(12-18(17)28-16-8-4-5-9-16)21-19(26)13-29-20-22-23-24-25(20)15-6-2-3-7-15/h10-12,15-16H,2-9,13H2,1H3,(H,21,26). The topological polar surface area (TPSA) is 91.2 Å². The largest absolute Gasteiger partial charge is 0.493 e. The molecule has 0 atom stereocenters. The van der Waals surface area contributed by atoms with Gasteiger partial charge in [-0.3, -0.25) is 4.79 Å². The first-order valence-corrected chi connectivity index (χ1v) is 11.3. The average Bonchev–Trinajstić information content (AvgIpc) is 3.48. The Hall–Kier alpha value is -2.29. The smallest absolute Gasteiger partial charge is 0.234 e. The SMILES string of the molecule is COc1ccc(NC(=O)CSc2nnnn2C2CCCC2)cc1OC1CCCC1. The summed E-state index contributed by atoms with van der Waals surface area (Å²) in [5, 5.41) is 15.6. The fraction of sp³-hybridized carbons (Fsp3) is 0.600. The molecule has 1 aromatic carbocycles. The van der Waals surface area contributed by atoms with Crippen LogP contribution in [0.15, 0.2) is 23.4 Å². The van der Waals surface area contributed by atoms with E-state index in [-0.39, 0.29) is 17.8 Å². The molecule has 2 aromatic rings. The zero-order valence-electron chi connectivity index (χ0n) is 16.7. The monoisotopic (exact) mass is 417 g/mol. The summed E-state index contributed by atoms with van der Waals surface area (Å²) in [6, 6.07) is 5.84. The molecular weight excluding hydrogens is 390 g/mol. The van der Waals surface area contributed by atoms with Crippen LogP contribution in [0.4, 0.5) is 5.69 Å². The number of benzene rings is 1. The first-order valence-electron chi connectivity index (χ1n) is 10.3. The fourth-order valence-corrected chi connectivity index (χ4v) is 4.76. The molecule has 1 N–H and O–H groups in total. The van der Waals surface area contributed by atoms with E-state index >= 15 is 0 Å². The Morgan fingerprint density at radius 3 is 2.69 bits per heavy atom. The Kier molecular flexibility index (Phi) is 6.53. The van der Waals surface area contributed by atoms with Crippen molar-refractivity contribution in [2.45, 2.75) is 68.7 Å². The van der Waals surface area contributed by atoms with Crippen molar-refractivity contribution in [2.75, 3.05) is 18.2 Å². The summed E-state index contributed by atoms with van der Waals surface area (Å²) >= 11 is 1.36. The lowest BCUT2D eigenvalue weighted by molar-refractivity contribution is -0.113. The van der Waals surface area contributed by atoms with E-state index in [1.54, 1.807) is 7.11 Å². The molecule has 2 aliphatic rings. The van der Waals surface area contributed by atoms with Gasteiger partial charge in [0.25, 0.3) is 0 Å². The number of carbonyl (C=O) groups excluding carboxylic acids is 1. The molecule has 2 fully saturated rings. The van der Waals surface area contributed by atoms with E-state index in [1.807, 2.05) is 22.9 Å². The molecule has 156 valence electrons. The highest BCUT2D eigenvalue weighted by molar-refractivity contribution is 7.99. The Bertz CT molecular complexity index is 831. The first kappa shape index (κ1) is 20.0. The average molecular weight is 418 g/mol. The van der Waals surface area contributed by atoms with Gasteiger partial charge in [0.1, 0.15) is 0 Å². The summed E-state index contributed by atoms with van der Waals surface area (Å²) in [6.45, 7) is 0. The Balaban J connectivity index is 1.35. The van der Waals surface area contributed by atoms with E-state index < -0.39 is 0 Å². The molecule has 1 heterocycles. The molecular formula is C20H27N5O3S. The van der Waals surface area contributed by atoms with Crippen molar-refractivity contribution in [1.82, 2.24) is 20.2 Å². The van der Waals surface area contributed by atoms with Crippen LogP contribution in [0.2, 0.25) is 0 Å². The van der Waals surface area contributed by atoms with E-state index in [1.165, 1.54) is 37.4 Å². The number of rotatable bonds is 8. The van der Waals surface area contributed by atoms with Gasteiger partial charge < -0.3 is 14.8 Å². The van der Waals surface area contributed by atoms with Crippen LogP contribution in [-0.2, 0) is 4.79 Å². The highest BCUT2D eigenvalue weighted by atomic mass is 32.2. The maximum atomic E-state index is 12.5. The number of amides is 1. The van der Waals surface area contributed by atoms with Crippen LogP contribution in [0.1, 0.15) is 57.4 Å². The van der Waals surface area contributed by atoms with E-state index in [0.717, 1.165) is 25.7 Å². The Morgan fingerprint density at radius 1 is 1.17 bits per heavy atom. The van der Waals surface area contributed by atoms with Crippen molar-refractivity contribution >= 4 is 23.4 Å². The molecule has 0 aliphatic heterocycles. The number of hydrogen-bond donors (Lipinski definition) is 1. The normalized spacial score (nSPS) is 17.6. The molecule has 29 heavy (non-hydrogen) atoms. The van der Waals surface area contributed by atoms with Gasteiger partial charge in [0.15, 0.2) is 11.5 Å². The molecule has 0 radical (unpaired) electrons. The molecule has 9 heteroatoms. The predicted molar refractivity (Wildman–Crippen MR) is 111 cm³/mol. The second-order valence-corrected chi connectivity index (χ2v) is 8.51. The van der Waals surface area contributed by atoms with Crippen LogP contribution < -0.4 is 14.8 Å². The number of thioether (sulfide) groups is 1. The van der Waals surface area contributed by atoms with E-state index in [0.29, 0.717) is 28.4 Å². The van der Waals surface area contributed by atoms with Gasteiger partial charge in [-0.15, -0.1) is 5.10 Å². The zero-order valence-corrected chi connectivity index (χ0v) is 17.5. The minimum absolute atomic E-state index is 0.104.